The lowest BCUT2D eigenvalue weighted by Gasteiger charge is -2.34. The molecule has 2 aliphatic rings. The predicted molar refractivity (Wildman–Crippen MR) is 189 cm³/mol. The first-order chi connectivity index (χ1) is 23.7. The van der Waals surface area contributed by atoms with Crippen LogP contribution < -0.4 is 31.4 Å². The minimum Gasteiger partial charge on any atom is -0.497 e. The van der Waals surface area contributed by atoms with Crippen LogP contribution >= 0.6 is 0 Å². The molecule has 0 saturated carbocycles. The highest BCUT2D eigenvalue weighted by Gasteiger charge is 2.24. The fourth-order valence-electron chi connectivity index (χ4n) is 6.46. The lowest BCUT2D eigenvalue weighted by Crippen LogP contribution is -2.79. The number of likely N-dealkylation sites (N-methyl/N-ethyl adjacent to an activating group) is 1. The maximum atomic E-state index is 14.2. The average molecular weight is 670 g/mol. The third kappa shape index (κ3) is 8.18. The van der Waals surface area contributed by atoms with Crippen molar-refractivity contribution in [2.24, 2.45) is 5.73 Å². The molecule has 0 aliphatic carbocycles. The molecule has 0 spiro atoms. The Labute approximate surface area is 285 Å². The Balaban J connectivity index is 1.36. The summed E-state index contributed by atoms with van der Waals surface area (Å²) >= 11 is 0. The van der Waals surface area contributed by atoms with Gasteiger partial charge < -0.3 is 30.3 Å². The molecule has 2 aliphatic heterocycles. The zero-order valence-electron chi connectivity index (χ0n) is 27.9. The van der Waals surface area contributed by atoms with E-state index in [2.05, 4.69) is 27.2 Å². The number of nitrogens with two attached hydrogens (primary N) is 2. The van der Waals surface area contributed by atoms with Crippen LogP contribution in [0, 0.1) is 11.6 Å². The van der Waals surface area contributed by atoms with Gasteiger partial charge in [0.1, 0.15) is 17.4 Å². The molecule has 0 radical (unpaired) electrons. The fourth-order valence-corrected chi connectivity index (χ4v) is 6.46. The first-order valence-corrected chi connectivity index (χ1v) is 16.5. The molecule has 0 atom stereocenters. The first kappa shape index (κ1) is 33.9. The van der Waals surface area contributed by atoms with Crippen LogP contribution in [0.2, 0.25) is 0 Å². The number of nitrogen functional groups attached to an aromatic ring is 2. The van der Waals surface area contributed by atoms with E-state index in [0.717, 1.165) is 67.6 Å². The molecule has 2 heterocycles. The maximum Gasteiger partial charge on any atom is 0.341 e. The fraction of sp³-hybridized carbons (Fsp3) is 0.316. The monoisotopic (exact) mass is 669 g/mol. The number of methoxy groups -OCH3 is 1. The molecular formula is C38H43F2N6O3+. The summed E-state index contributed by atoms with van der Waals surface area (Å²) in [6, 6.07) is 20.4. The van der Waals surface area contributed by atoms with Gasteiger partial charge in [-0.05, 0) is 103 Å². The highest BCUT2D eigenvalue weighted by atomic mass is 19.1. The number of carbonyl (C=O) groups is 1. The molecule has 0 aromatic heterocycles. The smallest absolute Gasteiger partial charge is 0.341 e. The molecule has 9 nitrogen and oxygen atoms in total. The number of carbonyl (C=O) groups excluding carboxylic acids is 1. The van der Waals surface area contributed by atoms with Gasteiger partial charge in [0.15, 0.2) is 0 Å². The second-order valence-electron chi connectivity index (χ2n) is 12.7. The molecule has 0 unspecified atom stereocenters. The van der Waals surface area contributed by atoms with Crippen molar-refractivity contribution in [2.75, 3.05) is 69.5 Å². The number of amides is 1. The Bertz CT molecular complexity index is 1830. The third-order valence-corrected chi connectivity index (χ3v) is 9.21. The largest absolute Gasteiger partial charge is 0.497 e. The normalized spacial score (nSPS) is 16.1. The molecule has 2 fully saturated rings. The summed E-state index contributed by atoms with van der Waals surface area (Å²) in [5.41, 5.74) is 18.8. The van der Waals surface area contributed by atoms with Gasteiger partial charge in [-0.1, -0.05) is 12.1 Å². The van der Waals surface area contributed by atoms with Crippen molar-refractivity contribution in [3.8, 4) is 16.9 Å². The van der Waals surface area contributed by atoms with Crippen molar-refractivity contribution < 1.29 is 28.0 Å². The lowest BCUT2D eigenvalue weighted by molar-refractivity contribution is -0.345. The van der Waals surface area contributed by atoms with Gasteiger partial charge in [0.05, 0.1) is 23.9 Å². The Kier molecular flexibility index (Phi) is 10.4. The van der Waals surface area contributed by atoms with Crippen LogP contribution in [-0.4, -0.2) is 76.2 Å². The molecule has 4 aromatic carbocycles. The standard InChI is InChI=1S/C38H42F2N6O3/c1-45-10-12-46(13-11-45)30-6-7-32(36(22-30)43-29-8-14-49-15-9-29)38(47)44-37(42)34-20-26(16-24-17-27(39)21-28(40)18-24)33(23-35(34)41)25-4-3-5-31(19-25)48-2/h3-7,17-23,29,43H,8-16,41H2,1-2H3,(H2,42,44,47)/p+1. The second kappa shape index (κ2) is 15.0. The number of anilines is 3. The first-order valence-electron chi connectivity index (χ1n) is 16.5. The molecule has 4 aromatic rings. The quantitative estimate of drug-likeness (QED) is 0.121. The van der Waals surface area contributed by atoms with Gasteiger partial charge in [0.25, 0.3) is 5.84 Å². The Morgan fingerprint density at radius 2 is 1.69 bits per heavy atom. The molecule has 11 heteroatoms. The van der Waals surface area contributed by atoms with Gasteiger partial charge in [-0.2, -0.15) is 0 Å². The van der Waals surface area contributed by atoms with Crippen LogP contribution in [0.5, 0.6) is 5.75 Å². The average Bonchev–Trinajstić information content (AvgIpc) is 3.09. The summed E-state index contributed by atoms with van der Waals surface area (Å²) in [6.07, 6.45) is 1.85. The van der Waals surface area contributed by atoms with Gasteiger partial charge in [-0.15, -0.1) is 0 Å². The lowest BCUT2D eigenvalue weighted by atomic mass is 9.91. The molecular weight excluding hydrogens is 626 g/mol. The highest BCUT2D eigenvalue weighted by molar-refractivity contribution is 6.04. The Hall–Kier alpha value is -5.00. The van der Waals surface area contributed by atoms with Crippen molar-refractivity contribution in [1.82, 2.24) is 4.90 Å². The van der Waals surface area contributed by atoms with E-state index in [1.165, 1.54) is 12.1 Å². The predicted octanol–water partition coefficient (Wildman–Crippen LogP) is 3.78. The van der Waals surface area contributed by atoms with Gasteiger partial charge in [0, 0.05) is 62.9 Å². The molecule has 49 heavy (non-hydrogen) atoms. The molecule has 6 rings (SSSR count). The van der Waals surface area contributed by atoms with Crippen molar-refractivity contribution >= 4 is 28.8 Å². The van der Waals surface area contributed by atoms with E-state index in [1.807, 2.05) is 42.5 Å². The topological polar surface area (TPSA) is 120 Å². The summed E-state index contributed by atoms with van der Waals surface area (Å²) in [6.45, 7) is 5.04. The van der Waals surface area contributed by atoms with Crippen molar-refractivity contribution in [3.63, 3.8) is 0 Å². The number of hydrogen-bond donors (Lipinski definition) is 4. The van der Waals surface area contributed by atoms with Crippen LogP contribution in [-0.2, 0) is 11.2 Å². The van der Waals surface area contributed by atoms with Gasteiger partial charge in [0.2, 0.25) is 0 Å². The van der Waals surface area contributed by atoms with E-state index in [1.54, 1.807) is 19.2 Å². The number of benzene rings is 4. The molecule has 256 valence electrons. The number of halogens is 2. The summed E-state index contributed by atoms with van der Waals surface area (Å²) in [7, 11) is 3.70. The number of nitrogens with zero attached hydrogens (tertiary/aromatic N) is 2. The molecule has 0 bridgehead atoms. The number of rotatable bonds is 9. The van der Waals surface area contributed by atoms with Crippen LogP contribution in [0.3, 0.4) is 0 Å². The van der Waals surface area contributed by atoms with E-state index < -0.39 is 11.6 Å². The van der Waals surface area contributed by atoms with E-state index in [4.69, 9.17) is 20.9 Å². The van der Waals surface area contributed by atoms with E-state index in [9.17, 15) is 13.6 Å². The molecule has 1 amide bonds. The van der Waals surface area contributed by atoms with E-state index in [-0.39, 0.29) is 24.2 Å². The number of nitrogens with one attached hydrogen (secondary N) is 2. The van der Waals surface area contributed by atoms with Gasteiger partial charge in [-0.25, -0.2) is 18.6 Å². The van der Waals surface area contributed by atoms with E-state index in [0.29, 0.717) is 46.9 Å². The van der Waals surface area contributed by atoms with Gasteiger partial charge >= 0.3 is 5.91 Å². The number of amidine groups is 1. The zero-order valence-corrected chi connectivity index (χ0v) is 27.9. The maximum absolute atomic E-state index is 14.2. The van der Waals surface area contributed by atoms with Crippen LogP contribution in [0.15, 0.2) is 72.8 Å². The van der Waals surface area contributed by atoms with E-state index >= 15 is 0 Å². The second-order valence-corrected chi connectivity index (χ2v) is 12.7. The van der Waals surface area contributed by atoms with Crippen LogP contribution in [0.4, 0.5) is 25.8 Å². The van der Waals surface area contributed by atoms with Crippen molar-refractivity contribution in [3.05, 3.63) is 107 Å². The molecule has 2 saturated heterocycles. The Morgan fingerprint density at radius 1 is 0.959 bits per heavy atom. The Morgan fingerprint density at radius 3 is 2.41 bits per heavy atom. The molecule has 6 N–H and O–H groups in total. The van der Waals surface area contributed by atoms with Crippen molar-refractivity contribution in [1.29, 1.82) is 0 Å². The van der Waals surface area contributed by atoms with Gasteiger partial charge in [-0.3, -0.25) is 5.73 Å². The van der Waals surface area contributed by atoms with Crippen LogP contribution in [0.25, 0.3) is 11.1 Å². The number of ether oxygens (including phenoxy) is 2. The minimum absolute atomic E-state index is 0.0616. The zero-order chi connectivity index (χ0) is 34.5. The SMILES string of the molecule is COc1cccc(-c2cc(N)c(C(N)=[NH+]C(=O)c3ccc(N4CCN(C)CC4)cc3NC3CCOCC3)cc2Cc2cc(F)cc(F)c2)c1. The highest BCUT2D eigenvalue weighted by Crippen LogP contribution is 2.33. The summed E-state index contributed by atoms with van der Waals surface area (Å²) in [5, 5.41) is 3.60. The number of hydrogen-bond acceptors (Lipinski definition) is 7. The summed E-state index contributed by atoms with van der Waals surface area (Å²) in [4.78, 5) is 21.4. The number of piperazine rings is 1. The summed E-state index contributed by atoms with van der Waals surface area (Å²) in [5.74, 6) is -1.02. The summed E-state index contributed by atoms with van der Waals surface area (Å²) < 4.78 is 39.4. The third-order valence-electron chi connectivity index (χ3n) is 9.21. The minimum atomic E-state index is -0.671. The van der Waals surface area contributed by atoms with Crippen LogP contribution in [0.1, 0.15) is 39.9 Å². The van der Waals surface area contributed by atoms with Crippen molar-refractivity contribution in [2.45, 2.75) is 25.3 Å².